The van der Waals surface area contributed by atoms with Crippen molar-refractivity contribution in [2.24, 2.45) is 0 Å². The second-order valence-corrected chi connectivity index (χ2v) is 7.57. The summed E-state index contributed by atoms with van der Waals surface area (Å²) in [6, 6.07) is 5.39. The van der Waals surface area contributed by atoms with Crippen molar-refractivity contribution in [3.8, 4) is 0 Å². The second kappa shape index (κ2) is 7.07. The largest absolute Gasteiger partial charge is 0.309 e. The molecule has 5 heteroatoms. The minimum absolute atomic E-state index is 0.359. The molecule has 0 bridgehead atoms. The first-order valence-corrected chi connectivity index (χ1v) is 9.45. The van der Waals surface area contributed by atoms with Crippen LogP contribution in [0.2, 0.25) is 0 Å². The summed E-state index contributed by atoms with van der Waals surface area (Å²) in [5.41, 5.74) is 1.19. The van der Waals surface area contributed by atoms with Gasteiger partial charge in [0.05, 0.1) is 11.7 Å². The van der Waals surface area contributed by atoms with Gasteiger partial charge >= 0.3 is 0 Å². The molecule has 2 aromatic rings. The van der Waals surface area contributed by atoms with E-state index in [1.165, 1.54) is 40.7 Å². The Morgan fingerprint density at radius 2 is 2.29 bits per heavy atom. The third-order valence-corrected chi connectivity index (χ3v) is 5.96. The Balaban J connectivity index is 1.70. The van der Waals surface area contributed by atoms with Crippen LogP contribution in [0.1, 0.15) is 55.3 Å². The van der Waals surface area contributed by atoms with Crippen LogP contribution in [-0.4, -0.2) is 16.3 Å². The first-order chi connectivity index (χ1) is 10.3. The average molecular weight is 368 g/mol. The molecule has 21 heavy (non-hydrogen) atoms. The molecule has 1 N–H and O–H groups in total. The van der Waals surface area contributed by atoms with Crippen molar-refractivity contribution in [1.82, 2.24) is 15.1 Å². The zero-order valence-electron chi connectivity index (χ0n) is 12.4. The van der Waals surface area contributed by atoms with Crippen molar-refractivity contribution in [3.05, 3.63) is 38.8 Å². The lowest BCUT2D eigenvalue weighted by molar-refractivity contribution is 0.458. The maximum Gasteiger partial charge on any atom is 0.0644 e. The second-order valence-electron chi connectivity index (χ2n) is 5.71. The molecule has 0 radical (unpaired) electrons. The standard InChI is InChI=1S/C16H22BrN3S/c1-2-18-15(16-9-12(17)11-21-16)10-13-7-8-20(19-13)14-5-3-4-6-14/h7-9,11,14-15,18H,2-6,10H2,1H3. The van der Waals surface area contributed by atoms with Gasteiger partial charge in [0.2, 0.25) is 0 Å². The van der Waals surface area contributed by atoms with Gasteiger partial charge in [-0.15, -0.1) is 11.3 Å². The molecule has 2 aromatic heterocycles. The molecule has 1 fully saturated rings. The lowest BCUT2D eigenvalue weighted by Crippen LogP contribution is -2.22. The van der Waals surface area contributed by atoms with E-state index in [4.69, 9.17) is 5.10 Å². The molecule has 0 saturated heterocycles. The number of rotatable bonds is 6. The third-order valence-electron chi connectivity index (χ3n) is 4.16. The van der Waals surface area contributed by atoms with E-state index in [1.807, 2.05) is 0 Å². The summed E-state index contributed by atoms with van der Waals surface area (Å²) in [4.78, 5) is 1.37. The highest BCUT2D eigenvalue weighted by atomic mass is 79.9. The van der Waals surface area contributed by atoms with Crippen LogP contribution in [0, 0.1) is 0 Å². The van der Waals surface area contributed by atoms with Crippen LogP contribution in [0.3, 0.4) is 0 Å². The molecule has 0 spiro atoms. The van der Waals surface area contributed by atoms with Gasteiger partial charge in [0, 0.05) is 33.4 Å². The molecule has 0 aromatic carbocycles. The number of nitrogens with zero attached hydrogens (tertiary/aromatic N) is 2. The summed E-state index contributed by atoms with van der Waals surface area (Å²) in [7, 11) is 0. The van der Waals surface area contributed by atoms with Crippen molar-refractivity contribution >= 4 is 27.3 Å². The predicted octanol–water partition coefficient (Wildman–Crippen LogP) is 4.72. The Labute approximate surface area is 138 Å². The molecule has 1 aliphatic rings. The van der Waals surface area contributed by atoms with Gasteiger partial charge < -0.3 is 5.32 Å². The fourth-order valence-corrected chi connectivity index (χ4v) is 4.62. The summed E-state index contributed by atoms with van der Waals surface area (Å²) in [6.07, 6.45) is 8.40. The third kappa shape index (κ3) is 3.76. The van der Waals surface area contributed by atoms with Crippen molar-refractivity contribution in [2.45, 2.75) is 51.1 Å². The fourth-order valence-electron chi connectivity index (χ4n) is 3.10. The summed E-state index contributed by atoms with van der Waals surface area (Å²) < 4.78 is 3.36. The van der Waals surface area contributed by atoms with E-state index in [2.05, 4.69) is 56.6 Å². The number of hydrogen-bond donors (Lipinski definition) is 1. The Morgan fingerprint density at radius 1 is 1.48 bits per heavy atom. The van der Waals surface area contributed by atoms with Crippen molar-refractivity contribution in [3.63, 3.8) is 0 Å². The maximum absolute atomic E-state index is 4.82. The zero-order chi connectivity index (χ0) is 14.7. The van der Waals surface area contributed by atoms with Crippen LogP contribution in [0.5, 0.6) is 0 Å². The maximum atomic E-state index is 4.82. The van der Waals surface area contributed by atoms with Crippen LogP contribution >= 0.6 is 27.3 Å². The highest BCUT2D eigenvalue weighted by Crippen LogP contribution is 2.30. The molecule has 114 valence electrons. The topological polar surface area (TPSA) is 29.9 Å². The summed E-state index contributed by atoms with van der Waals surface area (Å²) in [5.74, 6) is 0. The van der Waals surface area contributed by atoms with Gasteiger partial charge in [0.15, 0.2) is 0 Å². The first-order valence-electron chi connectivity index (χ1n) is 7.77. The molecular weight excluding hydrogens is 346 g/mol. The van der Waals surface area contributed by atoms with E-state index >= 15 is 0 Å². The molecule has 0 amide bonds. The number of thiophene rings is 1. The lowest BCUT2D eigenvalue weighted by Gasteiger charge is -2.15. The van der Waals surface area contributed by atoms with Crippen molar-refractivity contribution in [1.29, 1.82) is 0 Å². The van der Waals surface area contributed by atoms with Crippen LogP contribution < -0.4 is 5.32 Å². The molecule has 3 rings (SSSR count). The van der Waals surface area contributed by atoms with E-state index in [0.29, 0.717) is 12.1 Å². The highest BCUT2D eigenvalue weighted by molar-refractivity contribution is 9.10. The Bertz CT molecular complexity index is 572. The smallest absolute Gasteiger partial charge is 0.0644 e. The molecule has 0 aliphatic heterocycles. The van der Waals surface area contributed by atoms with Gasteiger partial charge in [-0.05, 0) is 47.4 Å². The van der Waals surface area contributed by atoms with Gasteiger partial charge in [0.1, 0.15) is 0 Å². The average Bonchev–Trinajstić information content (AvgIpc) is 3.18. The van der Waals surface area contributed by atoms with E-state index in [1.54, 1.807) is 11.3 Å². The molecule has 3 nitrogen and oxygen atoms in total. The van der Waals surface area contributed by atoms with Crippen molar-refractivity contribution < 1.29 is 0 Å². The Kier molecular flexibility index (Phi) is 5.14. The Hall–Kier alpha value is -0.650. The van der Waals surface area contributed by atoms with Gasteiger partial charge in [-0.25, -0.2) is 0 Å². The SMILES string of the molecule is CCNC(Cc1ccn(C2CCCC2)n1)c1cc(Br)cs1. The van der Waals surface area contributed by atoms with E-state index in [9.17, 15) is 0 Å². The van der Waals surface area contributed by atoms with Gasteiger partial charge in [-0.3, -0.25) is 4.68 Å². The monoisotopic (exact) mass is 367 g/mol. The van der Waals surface area contributed by atoms with E-state index in [0.717, 1.165) is 13.0 Å². The number of likely N-dealkylation sites (N-methyl/N-ethyl adjacent to an activating group) is 1. The summed E-state index contributed by atoms with van der Waals surface area (Å²) in [5, 5.41) is 10.5. The normalized spacial score (nSPS) is 17.4. The highest BCUT2D eigenvalue weighted by Gasteiger charge is 2.19. The summed E-state index contributed by atoms with van der Waals surface area (Å²) in [6.45, 7) is 3.14. The minimum atomic E-state index is 0.359. The molecule has 1 unspecified atom stereocenters. The summed E-state index contributed by atoms with van der Waals surface area (Å²) >= 11 is 5.35. The van der Waals surface area contributed by atoms with Crippen molar-refractivity contribution in [2.75, 3.05) is 6.54 Å². The van der Waals surface area contributed by atoms with E-state index in [-0.39, 0.29) is 0 Å². The Morgan fingerprint density at radius 3 is 2.95 bits per heavy atom. The van der Waals surface area contributed by atoms with Crippen LogP contribution in [-0.2, 0) is 6.42 Å². The predicted molar refractivity (Wildman–Crippen MR) is 91.9 cm³/mol. The number of halogens is 1. The minimum Gasteiger partial charge on any atom is -0.309 e. The van der Waals surface area contributed by atoms with E-state index < -0.39 is 0 Å². The molecule has 1 saturated carbocycles. The number of hydrogen-bond acceptors (Lipinski definition) is 3. The number of aromatic nitrogens is 2. The number of nitrogens with one attached hydrogen (secondary N) is 1. The van der Waals surface area contributed by atoms with Crippen LogP contribution in [0.25, 0.3) is 0 Å². The molecule has 2 heterocycles. The molecule has 1 atom stereocenters. The van der Waals surface area contributed by atoms with Gasteiger partial charge in [0.25, 0.3) is 0 Å². The van der Waals surface area contributed by atoms with Gasteiger partial charge in [-0.2, -0.15) is 5.10 Å². The fraction of sp³-hybridized carbons (Fsp3) is 0.562. The quantitative estimate of drug-likeness (QED) is 0.800. The molecule has 1 aliphatic carbocycles. The zero-order valence-corrected chi connectivity index (χ0v) is 14.8. The van der Waals surface area contributed by atoms with Gasteiger partial charge in [-0.1, -0.05) is 19.8 Å². The van der Waals surface area contributed by atoms with Crippen LogP contribution in [0.15, 0.2) is 28.2 Å². The lowest BCUT2D eigenvalue weighted by atomic mass is 10.1. The molecular formula is C16H22BrN3S. The first kappa shape index (κ1) is 15.3. The van der Waals surface area contributed by atoms with Crippen LogP contribution in [0.4, 0.5) is 0 Å².